The van der Waals surface area contributed by atoms with E-state index < -0.39 is 5.92 Å². The molecule has 1 amide bonds. The van der Waals surface area contributed by atoms with Crippen LogP contribution < -0.4 is 11.1 Å². The van der Waals surface area contributed by atoms with Crippen molar-refractivity contribution >= 4 is 11.7 Å². The summed E-state index contributed by atoms with van der Waals surface area (Å²) in [5.74, 6) is -0.766. The standard InChI is InChI=1S/C10H21N3O2/c1-5-6-7(8(11)13-15)9(14)12-10(2,3)4/h7,15H,5-6H2,1-4H3,(H2,11,13)(H,12,14). The van der Waals surface area contributed by atoms with Gasteiger partial charge in [0, 0.05) is 5.54 Å². The first-order valence-corrected chi connectivity index (χ1v) is 5.11. The van der Waals surface area contributed by atoms with Crippen LogP contribution in [0.25, 0.3) is 0 Å². The fraction of sp³-hybridized carbons (Fsp3) is 0.800. The van der Waals surface area contributed by atoms with Crippen LogP contribution in [0.5, 0.6) is 0 Å². The van der Waals surface area contributed by atoms with E-state index in [9.17, 15) is 4.79 Å². The van der Waals surface area contributed by atoms with Crippen LogP contribution in [0.2, 0.25) is 0 Å². The normalized spacial score (nSPS) is 14.8. The van der Waals surface area contributed by atoms with Gasteiger partial charge in [-0.1, -0.05) is 18.5 Å². The quantitative estimate of drug-likeness (QED) is 0.283. The SMILES string of the molecule is CCCC(C(=O)NC(C)(C)C)C(N)=NO. The molecule has 0 aliphatic rings. The zero-order chi connectivity index (χ0) is 12.1. The Balaban J connectivity index is 4.57. The van der Waals surface area contributed by atoms with Crippen molar-refractivity contribution in [1.29, 1.82) is 0 Å². The van der Waals surface area contributed by atoms with Crippen LogP contribution in [-0.2, 0) is 4.79 Å². The summed E-state index contributed by atoms with van der Waals surface area (Å²) in [6.45, 7) is 7.61. The van der Waals surface area contributed by atoms with Crippen LogP contribution in [0.4, 0.5) is 0 Å². The van der Waals surface area contributed by atoms with Crippen molar-refractivity contribution in [1.82, 2.24) is 5.32 Å². The van der Waals surface area contributed by atoms with E-state index in [2.05, 4.69) is 10.5 Å². The number of hydrogen-bond donors (Lipinski definition) is 3. The molecule has 0 aromatic heterocycles. The number of carbonyl (C=O) groups is 1. The highest BCUT2D eigenvalue weighted by atomic mass is 16.4. The zero-order valence-electron chi connectivity index (χ0n) is 9.87. The Morgan fingerprint density at radius 3 is 2.40 bits per heavy atom. The molecule has 0 spiro atoms. The van der Waals surface area contributed by atoms with Gasteiger partial charge in [0.15, 0.2) is 5.84 Å². The van der Waals surface area contributed by atoms with E-state index in [0.717, 1.165) is 6.42 Å². The molecule has 4 N–H and O–H groups in total. The number of rotatable bonds is 4. The predicted molar refractivity (Wildman–Crippen MR) is 59.7 cm³/mol. The molecule has 1 atom stereocenters. The van der Waals surface area contributed by atoms with Crippen molar-refractivity contribution in [3.8, 4) is 0 Å². The van der Waals surface area contributed by atoms with E-state index in [4.69, 9.17) is 10.9 Å². The summed E-state index contributed by atoms with van der Waals surface area (Å²) in [5.41, 5.74) is 5.16. The monoisotopic (exact) mass is 215 g/mol. The lowest BCUT2D eigenvalue weighted by atomic mass is 9.99. The van der Waals surface area contributed by atoms with E-state index in [1.807, 2.05) is 27.7 Å². The number of nitrogens with two attached hydrogens (primary N) is 1. The minimum atomic E-state index is -0.542. The van der Waals surface area contributed by atoms with Crippen molar-refractivity contribution in [3.63, 3.8) is 0 Å². The summed E-state index contributed by atoms with van der Waals surface area (Å²) in [6, 6.07) is 0. The molecule has 0 aliphatic heterocycles. The first-order valence-electron chi connectivity index (χ1n) is 5.11. The molecular formula is C10H21N3O2. The van der Waals surface area contributed by atoms with Gasteiger partial charge in [-0.2, -0.15) is 0 Å². The van der Waals surface area contributed by atoms with Crippen molar-refractivity contribution in [2.75, 3.05) is 0 Å². The smallest absolute Gasteiger partial charge is 0.231 e. The van der Waals surface area contributed by atoms with Gasteiger partial charge >= 0.3 is 0 Å². The van der Waals surface area contributed by atoms with E-state index in [1.165, 1.54) is 0 Å². The molecule has 5 nitrogen and oxygen atoms in total. The zero-order valence-corrected chi connectivity index (χ0v) is 9.87. The lowest BCUT2D eigenvalue weighted by Crippen LogP contribution is -2.47. The number of amides is 1. The summed E-state index contributed by atoms with van der Waals surface area (Å²) in [6.07, 6.45) is 1.39. The van der Waals surface area contributed by atoms with Gasteiger partial charge in [0.25, 0.3) is 0 Å². The Labute approximate surface area is 90.7 Å². The van der Waals surface area contributed by atoms with Crippen LogP contribution in [0, 0.1) is 5.92 Å². The molecule has 0 saturated heterocycles. The van der Waals surface area contributed by atoms with E-state index in [1.54, 1.807) is 0 Å². The van der Waals surface area contributed by atoms with Crippen molar-refractivity contribution in [2.24, 2.45) is 16.8 Å². The van der Waals surface area contributed by atoms with Gasteiger partial charge in [0.05, 0.1) is 5.92 Å². The summed E-state index contributed by atoms with van der Waals surface area (Å²) in [5, 5.41) is 14.3. The minimum absolute atomic E-state index is 0.0291. The Kier molecular flexibility index (Phi) is 5.11. The Morgan fingerprint density at radius 1 is 1.53 bits per heavy atom. The molecule has 0 aliphatic carbocycles. The van der Waals surface area contributed by atoms with Gasteiger partial charge in [-0.05, 0) is 27.2 Å². The maximum Gasteiger partial charge on any atom is 0.231 e. The number of nitrogens with zero attached hydrogens (tertiary/aromatic N) is 1. The second-order valence-electron chi connectivity index (χ2n) is 4.61. The van der Waals surface area contributed by atoms with Crippen LogP contribution in [0.1, 0.15) is 40.5 Å². The average molecular weight is 215 g/mol. The fourth-order valence-corrected chi connectivity index (χ4v) is 1.23. The topological polar surface area (TPSA) is 87.7 Å². The maximum absolute atomic E-state index is 11.8. The molecule has 5 heteroatoms. The molecular weight excluding hydrogens is 194 g/mol. The summed E-state index contributed by atoms with van der Waals surface area (Å²) < 4.78 is 0. The van der Waals surface area contributed by atoms with Crippen molar-refractivity contribution in [3.05, 3.63) is 0 Å². The molecule has 0 heterocycles. The van der Waals surface area contributed by atoms with Gasteiger partial charge in [-0.3, -0.25) is 4.79 Å². The maximum atomic E-state index is 11.8. The third-order valence-electron chi connectivity index (χ3n) is 1.86. The molecule has 0 bridgehead atoms. The highest BCUT2D eigenvalue weighted by Gasteiger charge is 2.25. The van der Waals surface area contributed by atoms with Gasteiger partial charge in [-0.15, -0.1) is 0 Å². The van der Waals surface area contributed by atoms with Crippen LogP contribution in [0.15, 0.2) is 5.16 Å². The lowest BCUT2D eigenvalue weighted by Gasteiger charge is -2.24. The molecule has 0 aromatic carbocycles. The highest BCUT2D eigenvalue weighted by molar-refractivity contribution is 6.02. The van der Waals surface area contributed by atoms with E-state index >= 15 is 0 Å². The second-order valence-corrected chi connectivity index (χ2v) is 4.61. The molecule has 15 heavy (non-hydrogen) atoms. The molecule has 0 radical (unpaired) electrons. The van der Waals surface area contributed by atoms with Gasteiger partial charge in [0.1, 0.15) is 0 Å². The van der Waals surface area contributed by atoms with Crippen LogP contribution in [0.3, 0.4) is 0 Å². The Hall–Kier alpha value is -1.26. The minimum Gasteiger partial charge on any atom is -0.409 e. The molecule has 0 aromatic rings. The number of oxime groups is 1. The van der Waals surface area contributed by atoms with Gasteiger partial charge in [0.2, 0.25) is 5.91 Å². The van der Waals surface area contributed by atoms with E-state index in [0.29, 0.717) is 6.42 Å². The van der Waals surface area contributed by atoms with Crippen molar-refractivity contribution in [2.45, 2.75) is 46.1 Å². The largest absolute Gasteiger partial charge is 0.409 e. The fourth-order valence-electron chi connectivity index (χ4n) is 1.23. The van der Waals surface area contributed by atoms with E-state index in [-0.39, 0.29) is 17.3 Å². The summed E-state index contributed by atoms with van der Waals surface area (Å²) >= 11 is 0. The summed E-state index contributed by atoms with van der Waals surface area (Å²) in [7, 11) is 0. The van der Waals surface area contributed by atoms with Crippen LogP contribution >= 0.6 is 0 Å². The Morgan fingerprint density at radius 2 is 2.07 bits per heavy atom. The molecule has 88 valence electrons. The third kappa shape index (κ3) is 5.24. The number of nitrogens with one attached hydrogen (secondary N) is 1. The number of hydrogen-bond acceptors (Lipinski definition) is 3. The average Bonchev–Trinajstić information content (AvgIpc) is 2.10. The van der Waals surface area contributed by atoms with Gasteiger partial charge in [-0.25, -0.2) is 0 Å². The first kappa shape index (κ1) is 13.7. The van der Waals surface area contributed by atoms with Crippen LogP contribution in [-0.4, -0.2) is 22.5 Å². The van der Waals surface area contributed by atoms with Crippen molar-refractivity contribution < 1.29 is 10.0 Å². The summed E-state index contributed by atoms with van der Waals surface area (Å²) in [4.78, 5) is 11.8. The molecule has 0 rings (SSSR count). The Bertz CT molecular complexity index is 244. The van der Waals surface area contributed by atoms with Gasteiger partial charge < -0.3 is 16.3 Å². The lowest BCUT2D eigenvalue weighted by molar-refractivity contribution is -0.124. The highest BCUT2D eigenvalue weighted by Crippen LogP contribution is 2.09. The predicted octanol–water partition coefficient (Wildman–Crippen LogP) is 1.06. The first-order chi connectivity index (χ1) is 6.81. The molecule has 1 unspecified atom stereocenters. The third-order valence-corrected chi connectivity index (χ3v) is 1.86. The molecule has 0 saturated carbocycles. The molecule has 0 fully saturated rings. The second kappa shape index (κ2) is 5.58. The number of carbonyl (C=O) groups excluding carboxylic acids is 1. The number of amidine groups is 1.